The van der Waals surface area contributed by atoms with Gasteiger partial charge >= 0.3 is 0 Å². The molecule has 1 aromatic rings. The summed E-state index contributed by atoms with van der Waals surface area (Å²) in [6, 6.07) is 0. The number of carbonyl (C=O) groups excluding carboxylic acids is 2. The second kappa shape index (κ2) is 6.51. The predicted molar refractivity (Wildman–Crippen MR) is 72.5 cm³/mol. The van der Waals surface area contributed by atoms with E-state index in [0.717, 1.165) is 0 Å². The molecule has 0 saturated carbocycles. The Hall–Kier alpha value is -1.89. The minimum atomic E-state index is -0.323. The van der Waals surface area contributed by atoms with Crippen molar-refractivity contribution < 1.29 is 14.3 Å². The number of hydrogen-bond acceptors (Lipinski definition) is 4. The van der Waals surface area contributed by atoms with Gasteiger partial charge in [0.2, 0.25) is 0 Å². The van der Waals surface area contributed by atoms with Gasteiger partial charge in [-0.25, -0.2) is 4.98 Å². The highest BCUT2D eigenvalue weighted by molar-refractivity contribution is 6.04. The van der Waals surface area contributed by atoms with Crippen molar-refractivity contribution in [2.24, 2.45) is 5.92 Å². The molecule has 0 spiro atoms. The standard InChI is InChI=1S/C13H20N4O3/c1-9(2)7-14-12(18)10-11(16-8-15-10)13(19)17-3-5-20-6-4-17/h8-9H,3-7H2,1-2H3,(H,14,18)(H,15,16). The normalized spacial score (nSPS) is 15.4. The molecule has 2 heterocycles. The van der Waals surface area contributed by atoms with E-state index in [1.807, 2.05) is 13.8 Å². The maximum absolute atomic E-state index is 12.3. The Labute approximate surface area is 117 Å². The molecule has 1 aliphatic heterocycles. The molecule has 2 N–H and O–H groups in total. The highest BCUT2D eigenvalue weighted by atomic mass is 16.5. The van der Waals surface area contributed by atoms with Gasteiger partial charge in [0.05, 0.1) is 19.5 Å². The molecule has 0 unspecified atom stereocenters. The Morgan fingerprint density at radius 3 is 2.80 bits per heavy atom. The summed E-state index contributed by atoms with van der Waals surface area (Å²) in [5.74, 6) is -0.187. The van der Waals surface area contributed by atoms with Crippen LogP contribution in [0.5, 0.6) is 0 Å². The lowest BCUT2D eigenvalue weighted by molar-refractivity contribution is 0.0298. The summed E-state index contributed by atoms with van der Waals surface area (Å²) in [4.78, 5) is 32.8. The number of rotatable bonds is 4. The van der Waals surface area contributed by atoms with E-state index in [-0.39, 0.29) is 23.2 Å². The van der Waals surface area contributed by atoms with Crippen molar-refractivity contribution in [2.75, 3.05) is 32.8 Å². The number of carbonyl (C=O) groups is 2. The van der Waals surface area contributed by atoms with Gasteiger partial charge in [-0.2, -0.15) is 0 Å². The van der Waals surface area contributed by atoms with Crippen LogP contribution in [0.25, 0.3) is 0 Å². The molecule has 0 aromatic carbocycles. The van der Waals surface area contributed by atoms with Crippen LogP contribution in [0.4, 0.5) is 0 Å². The number of amides is 2. The third-order valence-corrected chi connectivity index (χ3v) is 3.04. The number of nitrogens with one attached hydrogen (secondary N) is 2. The van der Waals surface area contributed by atoms with Crippen LogP contribution >= 0.6 is 0 Å². The van der Waals surface area contributed by atoms with Crippen LogP contribution in [0, 0.1) is 5.92 Å². The van der Waals surface area contributed by atoms with Crippen LogP contribution in [0.3, 0.4) is 0 Å². The van der Waals surface area contributed by atoms with Crippen molar-refractivity contribution >= 4 is 11.8 Å². The first-order valence-electron chi connectivity index (χ1n) is 6.78. The van der Waals surface area contributed by atoms with Crippen molar-refractivity contribution in [3.05, 3.63) is 17.7 Å². The summed E-state index contributed by atoms with van der Waals surface area (Å²) in [5, 5.41) is 2.77. The zero-order valence-electron chi connectivity index (χ0n) is 11.8. The highest BCUT2D eigenvalue weighted by Crippen LogP contribution is 2.09. The van der Waals surface area contributed by atoms with Gasteiger partial charge < -0.3 is 19.9 Å². The second-order valence-corrected chi connectivity index (χ2v) is 5.13. The van der Waals surface area contributed by atoms with Crippen molar-refractivity contribution in [3.8, 4) is 0 Å². The summed E-state index contributed by atoms with van der Waals surface area (Å²) in [6.45, 7) is 6.67. The molecule has 2 rings (SSSR count). The Morgan fingerprint density at radius 1 is 1.45 bits per heavy atom. The van der Waals surface area contributed by atoms with E-state index in [9.17, 15) is 9.59 Å². The molecule has 7 nitrogen and oxygen atoms in total. The van der Waals surface area contributed by atoms with Gasteiger partial charge in [0.25, 0.3) is 11.8 Å². The number of aromatic amines is 1. The monoisotopic (exact) mass is 280 g/mol. The van der Waals surface area contributed by atoms with Gasteiger partial charge in [-0.3, -0.25) is 9.59 Å². The smallest absolute Gasteiger partial charge is 0.272 e. The van der Waals surface area contributed by atoms with E-state index in [1.54, 1.807) is 4.90 Å². The summed E-state index contributed by atoms with van der Waals surface area (Å²) in [5.41, 5.74) is 0.398. The van der Waals surface area contributed by atoms with Crippen LogP contribution in [-0.2, 0) is 4.74 Å². The first-order chi connectivity index (χ1) is 9.59. The Kier molecular flexibility index (Phi) is 4.73. The number of morpholine rings is 1. The van der Waals surface area contributed by atoms with Gasteiger partial charge in [0.1, 0.15) is 5.69 Å². The SMILES string of the molecule is CC(C)CNC(=O)c1nc[nH]c1C(=O)N1CCOCC1. The first kappa shape index (κ1) is 14.5. The summed E-state index contributed by atoms with van der Waals surface area (Å²) in [7, 11) is 0. The minimum Gasteiger partial charge on any atom is -0.378 e. The summed E-state index contributed by atoms with van der Waals surface area (Å²) < 4.78 is 5.21. The fraction of sp³-hybridized carbons (Fsp3) is 0.615. The molecule has 1 aromatic heterocycles. The van der Waals surface area contributed by atoms with Crippen molar-refractivity contribution in [2.45, 2.75) is 13.8 Å². The molecule has 1 fully saturated rings. The van der Waals surface area contributed by atoms with Crippen molar-refractivity contribution in [1.82, 2.24) is 20.2 Å². The third-order valence-electron chi connectivity index (χ3n) is 3.04. The molecule has 110 valence electrons. The van der Waals surface area contributed by atoms with Gasteiger partial charge in [0.15, 0.2) is 5.69 Å². The second-order valence-electron chi connectivity index (χ2n) is 5.13. The number of H-pyrrole nitrogens is 1. The Bertz CT molecular complexity index is 478. The van der Waals surface area contributed by atoms with Crippen molar-refractivity contribution in [1.29, 1.82) is 0 Å². The Morgan fingerprint density at radius 2 is 2.15 bits per heavy atom. The largest absolute Gasteiger partial charge is 0.378 e. The molecule has 1 aliphatic rings. The number of hydrogen-bond donors (Lipinski definition) is 2. The molecule has 7 heteroatoms. The number of ether oxygens (including phenoxy) is 1. The lowest BCUT2D eigenvalue weighted by Crippen LogP contribution is -2.41. The molecule has 0 aliphatic carbocycles. The fourth-order valence-electron chi connectivity index (χ4n) is 1.93. The highest BCUT2D eigenvalue weighted by Gasteiger charge is 2.25. The predicted octanol–water partition coefficient (Wildman–Crippen LogP) is 0.268. The molecule has 1 saturated heterocycles. The number of nitrogens with zero attached hydrogens (tertiary/aromatic N) is 2. The lowest BCUT2D eigenvalue weighted by Gasteiger charge is -2.26. The molecule has 20 heavy (non-hydrogen) atoms. The number of aromatic nitrogens is 2. The van der Waals surface area contributed by atoms with E-state index in [1.165, 1.54) is 6.33 Å². The Balaban J connectivity index is 2.07. The molecule has 0 bridgehead atoms. The maximum atomic E-state index is 12.3. The third kappa shape index (κ3) is 3.36. The van der Waals surface area contributed by atoms with Crippen LogP contribution in [0.1, 0.15) is 34.8 Å². The number of imidazole rings is 1. The average molecular weight is 280 g/mol. The van der Waals surface area contributed by atoms with Crippen molar-refractivity contribution in [3.63, 3.8) is 0 Å². The van der Waals surface area contributed by atoms with Gasteiger partial charge in [-0.1, -0.05) is 13.8 Å². The lowest BCUT2D eigenvalue weighted by atomic mass is 10.2. The molecule has 2 amide bonds. The first-order valence-corrected chi connectivity index (χ1v) is 6.78. The van der Waals surface area contributed by atoms with E-state index >= 15 is 0 Å². The van der Waals surface area contributed by atoms with Gasteiger partial charge in [-0.05, 0) is 5.92 Å². The van der Waals surface area contributed by atoms with E-state index in [0.29, 0.717) is 38.8 Å². The van der Waals surface area contributed by atoms with Crippen LogP contribution in [0.15, 0.2) is 6.33 Å². The topological polar surface area (TPSA) is 87.3 Å². The van der Waals surface area contributed by atoms with E-state index < -0.39 is 0 Å². The van der Waals surface area contributed by atoms with Crippen LogP contribution in [-0.4, -0.2) is 59.5 Å². The fourth-order valence-corrected chi connectivity index (χ4v) is 1.93. The quantitative estimate of drug-likeness (QED) is 0.828. The van der Waals surface area contributed by atoms with E-state index in [4.69, 9.17) is 4.74 Å². The molecular weight excluding hydrogens is 260 g/mol. The zero-order chi connectivity index (χ0) is 14.5. The zero-order valence-corrected chi connectivity index (χ0v) is 11.8. The maximum Gasteiger partial charge on any atom is 0.272 e. The minimum absolute atomic E-state index is 0.155. The molecular formula is C13H20N4O3. The average Bonchev–Trinajstić information content (AvgIpc) is 2.94. The summed E-state index contributed by atoms with van der Waals surface area (Å²) >= 11 is 0. The van der Waals surface area contributed by atoms with Crippen LogP contribution in [0.2, 0.25) is 0 Å². The molecule has 0 radical (unpaired) electrons. The van der Waals surface area contributed by atoms with Gasteiger partial charge in [-0.15, -0.1) is 0 Å². The van der Waals surface area contributed by atoms with Crippen LogP contribution < -0.4 is 5.32 Å². The van der Waals surface area contributed by atoms with Gasteiger partial charge in [0, 0.05) is 19.6 Å². The van der Waals surface area contributed by atoms with E-state index in [2.05, 4.69) is 15.3 Å². The molecule has 0 atom stereocenters. The summed E-state index contributed by atoms with van der Waals surface area (Å²) in [6.07, 6.45) is 1.37.